The van der Waals surface area contributed by atoms with Gasteiger partial charge in [-0.25, -0.2) is 4.98 Å². The first-order valence-electron chi connectivity index (χ1n) is 10.1. The molecule has 0 saturated carbocycles. The highest BCUT2D eigenvalue weighted by Crippen LogP contribution is 2.44. The monoisotopic (exact) mass is 367 g/mol. The molecule has 3 rings (SSSR count). The van der Waals surface area contributed by atoms with Crippen molar-refractivity contribution < 1.29 is 4.74 Å². The van der Waals surface area contributed by atoms with E-state index >= 15 is 0 Å². The Hall–Kier alpha value is -2.23. The molecule has 0 saturated heterocycles. The highest BCUT2D eigenvalue weighted by molar-refractivity contribution is 5.83. The molecule has 0 amide bonds. The molecule has 0 radical (unpaired) electrons. The summed E-state index contributed by atoms with van der Waals surface area (Å²) in [6.45, 7) is 13.5. The van der Waals surface area contributed by atoms with Crippen LogP contribution >= 0.6 is 0 Å². The van der Waals surface area contributed by atoms with Crippen molar-refractivity contribution in [3.8, 4) is 5.75 Å². The Labute approximate surface area is 164 Å². The molecule has 1 aromatic carbocycles. The highest BCUT2D eigenvalue weighted by atomic mass is 16.5. The van der Waals surface area contributed by atoms with Crippen LogP contribution in [0, 0.1) is 27.7 Å². The van der Waals surface area contributed by atoms with Crippen LogP contribution in [0.3, 0.4) is 0 Å². The van der Waals surface area contributed by atoms with Gasteiger partial charge >= 0.3 is 0 Å². The van der Waals surface area contributed by atoms with Crippen molar-refractivity contribution in [3.05, 3.63) is 40.6 Å². The van der Waals surface area contributed by atoms with Crippen molar-refractivity contribution >= 4 is 17.2 Å². The Bertz CT molecular complexity index is 793. The minimum atomic E-state index is 0.764. The van der Waals surface area contributed by atoms with E-state index < -0.39 is 0 Å². The maximum atomic E-state index is 6.21. The number of aromatic nitrogens is 1. The Morgan fingerprint density at radius 3 is 2.33 bits per heavy atom. The molecule has 0 N–H and O–H groups in total. The first kappa shape index (κ1) is 19.5. The average molecular weight is 368 g/mol. The third-order valence-corrected chi connectivity index (χ3v) is 5.27. The highest BCUT2D eigenvalue weighted by Gasteiger charge is 2.28. The molecular weight excluding hydrogens is 334 g/mol. The van der Waals surface area contributed by atoms with Gasteiger partial charge in [0.1, 0.15) is 11.4 Å². The van der Waals surface area contributed by atoms with Crippen LogP contribution < -0.4 is 14.5 Å². The van der Waals surface area contributed by atoms with Crippen LogP contribution in [-0.2, 0) is 0 Å². The zero-order chi connectivity index (χ0) is 19.6. The summed E-state index contributed by atoms with van der Waals surface area (Å²) in [7, 11) is 2.14. The number of unbranched alkanes of at least 4 members (excludes halogenated alkanes) is 2. The van der Waals surface area contributed by atoms with Crippen molar-refractivity contribution in [1.29, 1.82) is 0 Å². The fourth-order valence-corrected chi connectivity index (χ4v) is 4.10. The molecule has 0 atom stereocenters. The summed E-state index contributed by atoms with van der Waals surface area (Å²) >= 11 is 0. The number of ether oxygens (including phenoxy) is 1. The van der Waals surface area contributed by atoms with Crippen LogP contribution in [0.15, 0.2) is 18.2 Å². The third-order valence-electron chi connectivity index (χ3n) is 5.27. The Balaban J connectivity index is 2.04. The number of nitrogens with zero attached hydrogens (tertiary/aromatic N) is 3. The van der Waals surface area contributed by atoms with Crippen molar-refractivity contribution in [2.24, 2.45) is 0 Å². The largest absolute Gasteiger partial charge is 0.491 e. The lowest BCUT2D eigenvalue weighted by atomic mass is 10.0. The molecule has 0 bridgehead atoms. The van der Waals surface area contributed by atoms with Crippen LogP contribution in [0.1, 0.15) is 48.6 Å². The van der Waals surface area contributed by atoms with Gasteiger partial charge in [0, 0.05) is 37.6 Å². The lowest BCUT2D eigenvalue weighted by molar-refractivity contribution is 0.306. The second-order valence-corrected chi connectivity index (χ2v) is 7.81. The maximum absolute atomic E-state index is 6.21. The number of likely N-dealkylation sites (N-methyl/N-ethyl adjacent to an activating group) is 1. The summed E-state index contributed by atoms with van der Waals surface area (Å²) in [5, 5.41) is 0. The molecule has 0 spiro atoms. The molecule has 4 nitrogen and oxygen atoms in total. The molecule has 1 aliphatic rings. The van der Waals surface area contributed by atoms with E-state index in [4.69, 9.17) is 9.72 Å². The number of rotatable bonds is 6. The molecular formula is C23H33N3O. The Morgan fingerprint density at radius 1 is 0.963 bits per heavy atom. The number of anilines is 3. The van der Waals surface area contributed by atoms with Crippen LogP contribution in [-0.4, -0.2) is 31.7 Å². The topological polar surface area (TPSA) is 28.6 Å². The van der Waals surface area contributed by atoms with Gasteiger partial charge in [-0.05, 0) is 45.2 Å². The second-order valence-electron chi connectivity index (χ2n) is 7.81. The van der Waals surface area contributed by atoms with E-state index in [1.54, 1.807) is 0 Å². The van der Waals surface area contributed by atoms with Gasteiger partial charge in [-0.2, -0.15) is 0 Å². The van der Waals surface area contributed by atoms with Gasteiger partial charge in [-0.15, -0.1) is 0 Å². The van der Waals surface area contributed by atoms with E-state index in [0.29, 0.717) is 0 Å². The molecule has 1 aromatic heterocycles. The van der Waals surface area contributed by atoms with Crippen LogP contribution in [0.25, 0.3) is 0 Å². The zero-order valence-electron chi connectivity index (χ0n) is 17.7. The standard InChI is InChI=1S/C23H33N3O/c1-7-8-9-12-27-20-15-19(5)24-23-22(20)25(6)10-11-26(23)21-17(3)13-16(2)14-18(21)4/h13-15H,7-12H2,1-6H3. The third kappa shape index (κ3) is 4.05. The average Bonchev–Trinajstić information content (AvgIpc) is 2.59. The lowest BCUT2D eigenvalue weighted by Crippen LogP contribution is -2.38. The molecule has 0 aliphatic carbocycles. The second kappa shape index (κ2) is 8.20. The molecule has 2 aromatic rings. The number of hydrogen-bond acceptors (Lipinski definition) is 4. The van der Waals surface area contributed by atoms with Crippen molar-refractivity contribution in [2.75, 3.05) is 36.5 Å². The maximum Gasteiger partial charge on any atom is 0.160 e. The molecule has 27 heavy (non-hydrogen) atoms. The van der Waals surface area contributed by atoms with E-state index in [9.17, 15) is 0 Å². The van der Waals surface area contributed by atoms with E-state index in [1.165, 1.54) is 35.2 Å². The Morgan fingerprint density at radius 2 is 1.67 bits per heavy atom. The van der Waals surface area contributed by atoms with Crippen LogP contribution in [0.2, 0.25) is 0 Å². The predicted molar refractivity (Wildman–Crippen MR) is 115 cm³/mol. The van der Waals surface area contributed by atoms with E-state index in [1.807, 2.05) is 0 Å². The van der Waals surface area contributed by atoms with Crippen molar-refractivity contribution in [3.63, 3.8) is 0 Å². The number of pyridine rings is 1. The summed E-state index contributed by atoms with van der Waals surface area (Å²) in [6.07, 6.45) is 3.50. The lowest BCUT2D eigenvalue weighted by Gasteiger charge is -2.38. The minimum Gasteiger partial charge on any atom is -0.491 e. The molecule has 4 heteroatoms. The molecule has 0 fully saturated rings. The van der Waals surface area contributed by atoms with Gasteiger partial charge in [0.25, 0.3) is 0 Å². The van der Waals surface area contributed by atoms with Gasteiger partial charge in [0.2, 0.25) is 0 Å². The van der Waals surface area contributed by atoms with Crippen LogP contribution in [0.4, 0.5) is 17.2 Å². The summed E-state index contributed by atoms with van der Waals surface area (Å²) in [5.74, 6) is 1.98. The summed E-state index contributed by atoms with van der Waals surface area (Å²) < 4.78 is 6.21. The quantitative estimate of drug-likeness (QED) is 0.633. The summed E-state index contributed by atoms with van der Waals surface area (Å²) in [5.41, 5.74) is 7.31. The van der Waals surface area contributed by atoms with Gasteiger partial charge in [0.15, 0.2) is 5.82 Å². The number of benzene rings is 1. The first-order valence-corrected chi connectivity index (χ1v) is 10.1. The van der Waals surface area contributed by atoms with Gasteiger partial charge in [-0.3, -0.25) is 0 Å². The SMILES string of the molecule is CCCCCOc1cc(C)nc2c1N(C)CCN2c1c(C)cc(C)cc1C. The number of aryl methyl sites for hydroxylation is 4. The smallest absolute Gasteiger partial charge is 0.160 e. The summed E-state index contributed by atoms with van der Waals surface area (Å²) in [6, 6.07) is 6.61. The zero-order valence-corrected chi connectivity index (χ0v) is 17.7. The van der Waals surface area contributed by atoms with Crippen molar-refractivity contribution in [2.45, 2.75) is 53.9 Å². The summed E-state index contributed by atoms with van der Waals surface area (Å²) in [4.78, 5) is 9.60. The fraction of sp³-hybridized carbons (Fsp3) is 0.522. The van der Waals surface area contributed by atoms with Gasteiger partial charge in [-0.1, -0.05) is 37.5 Å². The first-order chi connectivity index (χ1) is 12.9. The van der Waals surface area contributed by atoms with Crippen LogP contribution in [0.5, 0.6) is 5.75 Å². The van der Waals surface area contributed by atoms with Gasteiger partial charge < -0.3 is 14.5 Å². The number of hydrogen-bond donors (Lipinski definition) is 0. The predicted octanol–water partition coefficient (Wildman–Crippen LogP) is 5.47. The molecule has 146 valence electrons. The Kier molecular flexibility index (Phi) is 5.93. The van der Waals surface area contributed by atoms with E-state index in [2.05, 4.69) is 69.7 Å². The molecule has 0 unspecified atom stereocenters. The van der Waals surface area contributed by atoms with Gasteiger partial charge in [0.05, 0.1) is 6.61 Å². The van der Waals surface area contributed by atoms with Crippen molar-refractivity contribution in [1.82, 2.24) is 4.98 Å². The molecule has 1 aliphatic heterocycles. The fourth-order valence-electron chi connectivity index (χ4n) is 4.10. The normalized spacial score (nSPS) is 13.7. The number of fused-ring (bicyclic) bond motifs is 1. The van der Waals surface area contributed by atoms with E-state index in [-0.39, 0.29) is 0 Å². The minimum absolute atomic E-state index is 0.764. The van der Waals surface area contributed by atoms with E-state index in [0.717, 1.165) is 49.1 Å². The molecule has 2 heterocycles.